The zero-order valence-corrected chi connectivity index (χ0v) is 15.5. The zero-order chi connectivity index (χ0) is 17.5. The van der Waals surface area contributed by atoms with E-state index in [-0.39, 0.29) is 11.2 Å². The summed E-state index contributed by atoms with van der Waals surface area (Å²) in [6.45, 7) is 9.78. The molecule has 3 atom stereocenters. The summed E-state index contributed by atoms with van der Waals surface area (Å²) < 4.78 is 0. The molecule has 0 saturated carbocycles. The van der Waals surface area contributed by atoms with E-state index in [4.69, 9.17) is 0 Å². The lowest BCUT2D eigenvalue weighted by molar-refractivity contribution is -0.117. The van der Waals surface area contributed by atoms with Gasteiger partial charge in [0, 0.05) is 23.9 Å². The third-order valence-electron chi connectivity index (χ3n) is 6.56. The molecule has 1 aliphatic carbocycles. The van der Waals surface area contributed by atoms with Crippen LogP contribution in [0.15, 0.2) is 18.2 Å². The number of likely N-dealkylation sites (tertiary alicyclic amines) is 1. The molecule has 1 aromatic rings. The molecule has 1 heterocycles. The first-order chi connectivity index (χ1) is 11.3. The maximum Gasteiger partial charge on any atom is 0.129 e. The summed E-state index contributed by atoms with van der Waals surface area (Å²) in [5, 5.41) is 10.1. The highest BCUT2D eigenvalue weighted by molar-refractivity contribution is 5.75. The van der Waals surface area contributed by atoms with Gasteiger partial charge < -0.3 is 9.90 Å². The first-order valence-corrected chi connectivity index (χ1v) is 9.42. The van der Waals surface area contributed by atoms with Crippen LogP contribution in [0.3, 0.4) is 0 Å². The Bertz CT molecular complexity index is 624. The highest BCUT2D eigenvalue weighted by Crippen LogP contribution is 2.52. The third kappa shape index (κ3) is 2.88. The molecule has 3 nitrogen and oxygen atoms in total. The third-order valence-corrected chi connectivity index (χ3v) is 6.56. The number of rotatable bonds is 5. The highest BCUT2D eigenvalue weighted by Gasteiger charge is 2.51. The average Bonchev–Trinajstić information content (AvgIpc) is 2.50. The Morgan fingerprint density at radius 2 is 2.17 bits per heavy atom. The van der Waals surface area contributed by atoms with E-state index in [1.807, 2.05) is 12.1 Å². The predicted octanol–water partition coefficient (Wildman–Crippen LogP) is 4.06. The van der Waals surface area contributed by atoms with Crippen molar-refractivity contribution in [2.24, 2.45) is 5.92 Å². The smallest absolute Gasteiger partial charge is 0.129 e. The monoisotopic (exact) mass is 329 g/mol. The number of fused-ring (bicyclic) bond motifs is 4. The minimum atomic E-state index is 0.109. The van der Waals surface area contributed by atoms with Crippen LogP contribution in [0, 0.1) is 5.92 Å². The summed E-state index contributed by atoms with van der Waals surface area (Å²) in [5.41, 5.74) is 2.85. The van der Waals surface area contributed by atoms with Crippen molar-refractivity contribution in [3.05, 3.63) is 29.3 Å². The number of aromatic hydroxyl groups is 1. The van der Waals surface area contributed by atoms with Crippen molar-refractivity contribution in [1.29, 1.82) is 0 Å². The number of phenolic OH excluding ortho intramolecular Hbond substituents is 1. The molecular weight excluding hydrogens is 298 g/mol. The van der Waals surface area contributed by atoms with Gasteiger partial charge in [-0.2, -0.15) is 0 Å². The number of ketones is 1. The van der Waals surface area contributed by atoms with Crippen LogP contribution in [0.5, 0.6) is 5.75 Å². The topological polar surface area (TPSA) is 40.5 Å². The molecule has 0 unspecified atom stereocenters. The summed E-state index contributed by atoms with van der Waals surface area (Å²) in [4.78, 5) is 14.1. The summed E-state index contributed by atoms with van der Waals surface area (Å²) in [5.74, 6) is 1.20. The van der Waals surface area contributed by atoms with Gasteiger partial charge in [-0.25, -0.2) is 0 Å². The summed E-state index contributed by atoms with van der Waals surface area (Å²) in [7, 11) is 0. The van der Waals surface area contributed by atoms with E-state index in [9.17, 15) is 9.90 Å². The van der Waals surface area contributed by atoms with Crippen LogP contribution >= 0.6 is 0 Å². The Balaban J connectivity index is 2.00. The highest BCUT2D eigenvalue weighted by atomic mass is 16.3. The standard InChI is InChI=1S/C21H31NO2/c1-14(2)22-11-10-21(9-5-6-15(3)23)16(4)20(22)12-17-7-8-18(24)13-19(17)21/h7-8,13-14,16,20,24H,5-6,9-12H2,1-4H3/t16-,20+,21+/m0/s1. The van der Waals surface area contributed by atoms with Gasteiger partial charge in [0.2, 0.25) is 0 Å². The Morgan fingerprint density at radius 1 is 1.42 bits per heavy atom. The SMILES string of the molecule is CC(=O)CCC[C@]12CCN(C(C)C)[C@H](Cc3ccc(O)cc31)[C@@H]2C. The first-order valence-electron chi connectivity index (χ1n) is 9.42. The molecule has 1 fully saturated rings. The largest absolute Gasteiger partial charge is 0.508 e. The Kier molecular flexibility index (Phi) is 4.74. The van der Waals surface area contributed by atoms with E-state index in [1.165, 1.54) is 11.1 Å². The number of piperidine rings is 1. The predicted molar refractivity (Wildman–Crippen MR) is 97.4 cm³/mol. The van der Waals surface area contributed by atoms with Gasteiger partial charge in [0.1, 0.15) is 11.5 Å². The van der Waals surface area contributed by atoms with Gasteiger partial charge in [0.05, 0.1) is 0 Å². The molecule has 1 saturated heterocycles. The van der Waals surface area contributed by atoms with Crippen molar-refractivity contribution in [2.75, 3.05) is 6.54 Å². The van der Waals surface area contributed by atoms with Gasteiger partial charge in [-0.15, -0.1) is 0 Å². The first kappa shape index (κ1) is 17.5. The number of hydrogen-bond acceptors (Lipinski definition) is 3. The summed E-state index contributed by atoms with van der Waals surface area (Å²) >= 11 is 0. The van der Waals surface area contributed by atoms with Gasteiger partial charge in [-0.3, -0.25) is 4.90 Å². The molecule has 3 rings (SSSR count). The van der Waals surface area contributed by atoms with Gasteiger partial charge in [0.15, 0.2) is 0 Å². The Morgan fingerprint density at radius 3 is 2.83 bits per heavy atom. The van der Waals surface area contributed by atoms with Crippen molar-refractivity contribution in [3.8, 4) is 5.75 Å². The molecule has 0 spiro atoms. The summed E-state index contributed by atoms with van der Waals surface area (Å²) in [6, 6.07) is 7.07. The zero-order valence-electron chi connectivity index (χ0n) is 15.5. The lowest BCUT2D eigenvalue weighted by Gasteiger charge is -2.57. The van der Waals surface area contributed by atoms with Crippen LogP contribution in [0.1, 0.15) is 64.5 Å². The molecule has 1 aliphatic heterocycles. The van der Waals surface area contributed by atoms with Crippen LogP contribution in [-0.2, 0) is 16.6 Å². The molecule has 1 N–H and O–H groups in total. The molecule has 1 aromatic carbocycles. The number of nitrogens with zero attached hydrogens (tertiary/aromatic N) is 1. The quantitative estimate of drug-likeness (QED) is 0.885. The number of carbonyl (C=O) groups is 1. The molecule has 2 bridgehead atoms. The van der Waals surface area contributed by atoms with Crippen molar-refractivity contribution in [3.63, 3.8) is 0 Å². The number of hydrogen-bond donors (Lipinski definition) is 1. The number of benzene rings is 1. The van der Waals surface area contributed by atoms with Crippen LogP contribution in [0.2, 0.25) is 0 Å². The Labute approximate surface area is 146 Å². The number of carbonyl (C=O) groups excluding carboxylic acids is 1. The fourth-order valence-electron chi connectivity index (χ4n) is 5.26. The van der Waals surface area contributed by atoms with E-state index < -0.39 is 0 Å². The van der Waals surface area contributed by atoms with Crippen molar-refractivity contribution < 1.29 is 9.90 Å². The van der Waals surface area contributed by atoms with Crippen molar-refractivity contribution >= 4 is 5.78 Å². The maximum atomic E-state index is 11.4. The van der Waals surface area contributed by atoms with E-state index in [2.05, 4.69) is 31.7 Å². The Hall–Kier alpha value is -1.35. The van der Waals surface area contributed by atoms with E-state index in [0.717, 1.165) is 32.2 Å². The second-order valence-corrected chi connectivity index (χ2v) is 8.19. The maximum absolute atomic E-state index is 11.4. The second kappa shape index (κ2) is 6.51. The van der Waals surface area contributed by atoms with Crippen molar-refractivity contribution in [1.82, 2.24) is 4.90 Å². The molecule has 24 heavy (non-hydrogen) atoms. The van der Waals surface area contributed by atoms with Crippen LogP contribution < -0.4 is 0 Å². The van der Waals surface area contributed by atoms with Gasteiger partial charge in [-0.1, -0.05) is 13.0 Å². The van der Waals surface area contributed by atoms with E-state index >= 15 is 0 Å². The number of Topliss-reactive ketones (excluding diaryl/α,β-unsaturated/α-hetero) is 1. The minimum Gasteiger partial charge on any atom is -0.508 e. The molecule has 0 aromatic heterocycles. The van der Waals surface area contributed by atoms with Crippen LogP contribution in [0.25, 0.3) is 0 Å². The molecule has 0 radical (unpaired) electrons. The fraction of sp³-hybridized carbons (Fsp3) is 0.667. The van der Waals surface area contributed by atoms with E-state index in [0.29, 0.717) is 30.2 Å². The normalized spacial score (nSPS) is 29.5. The lowest BCUT2D eigenvalue weighted by atomic mass is 9.56. The fourth-order valence-corrected chi connectivity index (χ4v) is 5.26. The molecular formula is C21H31NO2. The van der Waals surface area contributed by atoms with Crippen molar-refractivity contribution in [2.45, 2.75) is 77.3 Å². The number of phenols is 1. The van der Waals surface area contributed by atoms with E-state index in [1.54, 1.807) is 6.92 Å². The van der Waals surface area contributed by atoms with Gasteiger partial charge in [-0.05, 0) is 82.2 Å². The minimum absolute atomic E-state index is 0.109. The summed E-state index contributed by atoms with van der Waals surface area (Å²) in [6.07, 6.45) is 4.86. The molecule has 0 amide bonds. The average molecular weight is 329 g/mol. The van der Waals surface area contributed by atoms with Crippen LogP contribution in [0.4, 0.5) is 0 Å². The molecule has 132 valence electrons. The molecule has 2 aliphatic rings. The van der Waals surface area contributed by atoms with Crippen LogP contribution in [-0.4, -0.2) is 34.4 Å². The molecule has 3 heteroatoms. The van der Waals surface area contributed by atoms with Gasteiger partial charge in [0.25, 0.3) is 0 Å². The lowest BCUT2D eigenvalue weighted by Crippen LogP contribution is -2.60. The van der Waals surface area contributed by atoms with Gasteiger partial charge >= 0.3 is 0 Å². The second-order valence-electron chi connectivity index (χ2n) is 8.19.